The summed E-state index contributed by atoms with van der Waals surface area (Å²) < 4.78 is 4.09. The highest BCUT2D eigenvalue weighted by Gasteiger charge is 2.24. The summed E-state index contributed by atoms with van der Waals surface area (Å²) in [5, 5.41) is 10.2. The van der Waals surface area contributed by atoms with Crippen LogP contribution in [0.1, 0.15) is 11.1 Å². The molecule has 3 aromatic rings. The van der Waals surface area contributed by atoms with Crippen LogP contribution < -0.4 is 5.69 Å². The van der Waals surface area contributed by atoms with Crippen molar-refractivity contribution in [1.29, 1.82) is 0 Å². The van der Waals surface area contributed by atoms with Crippen molar-refractivity contribution in [3.05, 3.63) is 74.6 Å². The first-order valence-electron chi connectivity index (χ1n) is 7.01. The average molecular weight is 357 g/mol. The highest BCUT2D eigenvalue weighted by molar-refractivity contribution is 9.11. The van der Waals surface area contributed by atoms with Gasteiger partial charge in [0.1, 0.15) is 5.76 Å². The number of hydrogen-bond acceptors (Lipinski definition) is 2. The maximum Gasteiger partial charge on any atom is 0.329 e. The third kappa shape index (κ3) is 1.85. The second-order valence-corrected chi connectivity index (χ2v) is 6.32. The van der Waals surface area contributed by atoms with Crippen molar-refractivity contribution in [1.82, 2.24) is 9.13 Å². The molecule has 0 spiro atoms. The monoisotopic (exact) mass is 356 g/mol. The lowest BCUT2D eigenvalue weighted by Gasteiger charge is -2.14. The Morgan fingerprint density at radius 3 is 2.64 bits per heavy atom. The lowest BCUT2D eigenvalue weighted by atomic mass is 10.1. The fourth-order valence-corrected chi connectivity index (χ4v) is 3.46. The minimum atomic E-state index is -0.0595. The predicted molar refractivity (Wildman–Crippen MR) is 90.2 cm³/mol. The Hall–Kier alpha value is -2.27. The van der Waals surface area contributed by atoms with Crippen LogP contribution in [0.15, 0.2) is 57.8 Å². The molecule has 0 aliphatic carbocycles. The summed E-state index contributed by atoms with van der Waals surface area (Å²) in [5.74, 6) is 0.211. The van der Waals surface area contributed by atoms with E-state index in [4.69, 9.17) is 0 Å². The van der Waals surface area contributed by atoms with E-state index in [9.17, 15) is 9.90 Å². The van der Waals surface area contributed by atoms with Crippen LogP contribution in [-0.2, 0) is 13.1 Å². The molecule has 0 radical (unpaired) electrons. The predicted octanol–water partition coefficient (Wildman–Crippen LogP) is 3.49. The van der Waals surface area contributed by atoms with Crippen molar-refractivity contribution in [3.8, 4) is 0 Å². The highest BCUT2D eigenvalue weighted by Crippen LogP contribution is 2.32. The zero-order valence-corrected chi connectivity index (χ0v) is 13.2. The molecule has 110 valence electrons. The first-order chi connectivity index (χ1) is 10.7. The summed E-state index contributed by atoms with van der Waals surface area (Å²) in [4.78, 5) is 12.8. The van der Waals surface area contributed by atoms with Gasteiger partial charge in [0.2, 0.25) is 0 Å². The van der Waals surface area contributed by atoms with Crippen molar-refractivity contribution >= 4 is 32.7 Å². The summed E-state index contributed by atoms with van der Waals surface area (Å²) in [6, 6.07) is 15.5. The lowest BCUT2D eigenvalue weighted by Crippen LogP contribution is -2.26. The summed E-state index contributed by atoms with van der Waals surface area (Å²) in [6.45, 7) is 0.880. The zero-order valence-electron chi connectivity index (χ0n) is 11.7. The number of halogens is 1. The summed E-state index contributed by atoms with van der Waals surface area (Å²) in [5.41, 5.74) is 3.35. The van der Waals surface area contributed by atoms with Crippen molar-refractivity contribution in [2.24, 2.45) is 0 Å². The summed E-state index contributed by atoms with van der Waals surface area (Å²) in [7, 11) is 0. The molecule has 0 saturated heterocycles. The molecule has 1 N–H and O–H groups in total. The number of hydrogen-bond donors (Lipinski definition) is 1. The van der Waals surface area contributed by atoms with Gasteiger partial charge >= 0.3 is 5.69 Å². The number of aromatic nitrogens is 2. The van der Waals surface area contributed by atoms with Crippen LogP contribution in [0.3, 0.4) is 0 Å². The van der Waals surface area contributed by atoms with Gasteiger partial charge < -0.3 is 5.11 Å². The molecule has 1 aromatic heterocycles. The average Bonchev–Trinajstić information content (AvgIpc) is 2.80. The van der Waals surface area contributed by atoms with Crippen LogP contribution in [0.2, 0.25) is 0 Å². The van der Waals surface area contributed by atoms with Gasteiger partial charge in [0.15, 0.2) is 0 Å². The lowest BCUT2D eigenvalue weighted by molar-refractivity contribution is 0.503. The van der Waals surface area contributed by atoms with Gasteiger partial charge in [-0.25, -0.2) is 4.79 Å². The molecule has 0 bridgehead atoms. The maximum absolute atomic E-state index is 12.8. The fourth-order valence-electron chi connectivity index (χ4n) is 2.99. The van der Waals surface area contributed by atoms with Crippen LogP contribution in [0.5, 0.6) is 0 Å². The van der Waals surface area contributed by atoms with Gasteiger partial charge in [-0.05, 0) is 33.6 Å². The van der Waals surface area contributed by atoms with E-state index in [0.29, 0.717) is 23.1 Å². The quantitative estimate of drug-likeness (QED) is 0.763. The van der Waals surface area contributed by atoms with Gasteiger partial charge in [0.25, 0.3) is 0 Å². The SMILES string of the molecule is O=c1n(Cc2ccccc2)c2cccc3c2n1CC(Br)=C3O. The molecule has 2 heterocycles. The second kappa shape index (κ2) is 4.88. The number of rotatable bonds is 2. The third-order valence-electron chi connectivity index (χ3n) is 4.03. The third-order valence-corrected chi connectivity index (χ3v) is 4.66. The Balaban J connectivity index is 1.97. The van der Waals surface area contributed by atoms with Crippen LogP contribution in [0.25, 0.3) is 16.8 Å². The Morgan fingerprint density at radius 2 is 1.86 bits per heavy atom. The molecule has 2 aromatic carbocycles. The van der Waals surface area contributed by atoms with Crippen molar-refractivity contribution in [2.75, 3.05) is 0 Å². The standard InChI is InChI=1S/C17H13BrN2O2/c18-13-10-20-15-12(16(13)21)7-4-8-14(15)19(17(20)22)9-11-5-2-1-3-6-11/h1-8,21H,9-10H2. The number of imidazole rings is 1. The Bertz CT molecular complexity index is 967. The molecule has 5 heteroatoms. The number of aliphatic hydroxyl groups is 1. The van der Waals surface area contributed by atoms with Crippen LogP contribution >= 0.6 is 15.9 Å². The van der Waals surface area contributed by atoms with E-state index in [1.807, 2.05) is 48.5 Å². The van der Waals surface area contributed by atoms with E-state index in [1.165, 1.54) is 0 Å². The van der Waals surface area contributed by atoms with E-state index in [-0.39, 0.29) is 11.4 Å². The van der Waals surface area contributed by atoms with Crippen LogP contribution in [0, 0.1) is 0 Å². The van der Waals surface area contributed by atoms with Crippen LogP contribution in [-0.4, -0.2) is 14.2 Å². The minimum absolute atomic E-state index is 0.0595. The fraction of sp³-hybridized carbons (Fsp3) is 0.118. The largest absolute Gasteiger partial charge is 0.506 e. The molecule has 22 heavy (non-hydrogen) atoms. The Morgan fingerprint density at radius 1 is 1.09 bits per heavy atom. The number of allylic oxidation sites excluding steroid dienone is 1. The molecule has 0 unspecified atom stereocenters. The van der Waals surface area contributed by atoms with Crippen LogP contribution in [0.4, 0.5) is 0 Å². The Labute approximate surface area is 135 Å². The molecule has 4 nitrogen and oxygen atoms in total. The van der Waals surface area contributed by atoms with E-state index in [2.05, 4.69) is 15.9 Å². The van der Waals surface area contributed by atoms with Crippen molar-refractivity contribution < 1.29 is 5.11 Å². The molecule has 4 rings (SSSR count). The number of aliphatic hydroxyl groups excluding tert-OH is 1. The number of nitrogens with zero attached hydrogens (tertiary/aromatic N) is 2. The van der Waals surface area contributed by atoms with Gasteiger partial charge in [0, 0.05) is 5.56 Å². The molecule has 1 aliphatic rings. The van der Waals surface area contributed by atoms with E-state index >= 15 is 0 Å². The van der Waals surface area contributed by atoms with Crippen molar-refractivity contribution in [3.63, 3.8) is 0 Å². The maximum atomic E-state index is 12.8. The first-order valence-corrected chi connectivity index (χ1v) is 7.80. The first kappa shape index (κ1) is 13.4. The number of benzene rings is 2. The smallest absolute Gasteiger partial charge is 0.329 e. The summed E-state index contributed by atoms with van der Waals surface area (Å²) >= 11 is 3.36. The van der Waals surface area contributed by atoms with Crippen molar-refractivity contribution in [2.45, 2.75) is 13.1 Å². The molecule has 0 atom stereocenters. The van der Waals surface area contributed by atoms with Gasteiger partial charge in [0.05, 0.1) is 28.6 Å². The minimum Gasteiger partial charge on any atom is -0.506 e. The molecular weight excluding hydrogens is 344 g/mol. The van der Waals surface area contributed by atoms with Gasteiger partial charge in [-0.1, -0.05) is 36.4 Å². The van der Waals surface area contributed by atoms with Gasteiger partial charge in [-0.15, -0.1) is 0 Å². The summed E-state index contributed by atoms with van der Waals surface area (Å²) in [6.07, 6.45) is 0. The molecule has 0 saturated carbocycles. The highest BCUT2D eigenvalue weighted by atomic mass is 79.9. The van der Waals surface area contributed by atoms with E-state index in [1.54, 1.807) is 9.13 Å². The van der Waals surface area contributed by atoms with E-state index < -0.39 is 0 Å². The molecule has 1 aliphatic heterocycles. The van der Waals surface area contributed by atoms with E-state index in [0.717, 1.165) is 16.6 Å². The Kier molecular flexibility index (Phi) is 2.97. The second-order valence-electron chi connectivity index (χ2n) is 5.37. The number of para-hydroxylation sites is 1. The zero-order chi connectivity index (χ0) is 15.3. The topological polar surface area (TPSA) is 47.2 Å². The normalized spacial score (nSPS) is 13.9. The molecular formula is C17H13BrN2O2. The molecule has 0 amide bonds. The van der Waals surface area contributed by atoms with Gasteiger partial charge in [-0.3, -0.25) is 9.13 Å². The molecule has 0 fully saturated rings. The van der Waals surface area contributed by atoms with Gasteiger partial charge in [-0.2, -0.15) is 0 Å².